The molecule has 2 heterocycles. The first-order valence-electron chi connectivity index (χ1n) is 6.61. The average Bonchev–Trinajstić information content (AvgIpc) is 3.10. The Labute approximate surface area is 117 Å². The number of rotatable bonds is 5. The molecule has 0 aliphatic carbocycles. The van der Waals surface area contributed by atoms with E-state index in [0.717, 1.165) is 30.7 Å². The first kappa shape index (κ1) is 12.6. The van der Waals surface area contributed by atoms with Crippen LogP contribution in [-0.2, 0) is 11.3 Å². The van der Waals surface area contributed by atoms with Gasteiger partial charge in [0.05, 0.1) is 12.7 Å². The Kier molecular flexibility index (Phi) is 3.99. The Morgan fingerprint density at radius 3 is 2.83 bits per heavy atom. The molecule has 0 amide bonds. The molecule has 2 aliphatic heterocycles. The van der Waals surface area contributed by atoms with Gasteiger partial charge in [-0.3, -0.25) is 4.90 Å². The van der Waals surface area contributed by atoms with E-state index in [1.165, 1.54) is 18.5 Å². The number of hydrogen-bond donors (Lipinski definition) is 1. The highest BCUT2D eigenvalue weighted by molar-refractivity contribution is 9.10. The van der Waals surface area contributed by atoms with Gasteiger partial charge >= 0.3 is 0 Å². The van der Waals surface area contributed by atoms with Gasteiger partial charge < -0.3 is 10.1 Å². The summed E-state index contributed by atoms with van der Waals surface area (Å²) in [7, 11) is 0. The molecule has 0 aromatic heterocycles. The Morgan fingerprint density at radius 1 is 1.33 bits per heavy atom. The molecular weight excluding hydrogens is 292 g/mol. The molecular formula is C14H19BrN2O. The van der Waals surface area contributed by atoms with E-state index in [9.17, 15) is 0 Å². The van der Waals surface area contributed by atoms with Crippen molar-refractivity contribution in [2.75, 3.05) is 26.2 Å². The summed E-state index contributed by atoms with van der Waals surface area (Å²) in [4.78, 5) is 2.52. The summed E-state index contributed by atoms with van der Waals surface area (Å²) >= 11 is 3.47. The zero-order chi connectivity index (χ0) is 12.4. The molecule has 4 heteroatoms. The molecule has 0 saturated carbocycles. The molecule has 2 unspecified atom stereocenters. The van der Waals surface area contributed by atoms with Gasteiger partial charge in [-0.1, -0.05) is 28.1 Å². The predicted octanol–water partition coefficient (Wildman–Crippen LogP) is 2.01. The SMILES string of the molecule is Brc1ccc(CN2CCC(NCC3CO3)C2)cc1. The van der Waals surface area contributed by atoms with Crippen LogP contribution in [0.15, 0.2) is 28.7 Å². The first-order chi connectivity index (χ1) is 8.79. The lowest BCUT2D eigenvalue weighted by Crippen LogP contribution is -2.34. The summed E-state index contributed by atoms with van der Waals surface area (Å²) in [6, 6.07) is 9.27. The quantitative estimate of drug-likeness (QED) is 0.843. The molecule has 3 rings (SSSR count). The van der Waals surface area contributed by atoms with Crippen LogP contribution in [0.5, 0.6) is 0 Å². The highest BCUT2D eigenvalue weighted by Crippen LogP contribution is 2.16. The van der Waals surface area contributed by atoms with E-state index in [0.29, 0.717) is 12.1 Å². The van der Waals surface area contributed by atoms with E-state index >= 15 is 0 Å². The molecule has 0 radical (unpaired) electrons. The van der Waals surface area contributed by atoms with Crippen LogP contribution in [0.2, 0.25) is 0 Å². The van der Waals surface area contributed by atoms with Crippen LogP contribution in [-0.4, -0.2) is 43.3 Å². The van der Waals surface area contributed by atoms with E-state index in [2.05, 4.69) is 50.4 Å². The normalized spacial score (nSPS) is 27.6. The minimum Gasteiger partial charge on any atom is -0.372 e. The second-order valence-corrected chi connectivity index (χ2v) is 6.13. The third kappa shape index (κ3) is 3.54. The van der Waals surface area contributed by atoms with Gasteiger partial charge in [0.25, 0.3) is 0 Å². The van der Waals surface area contributed by atoms with Crippen molar-refractivity contribution < 1.29 is 4.74 Å². The molecule has 0 spiro atoms. The van der Waals surface area contributed by atoms with Gasteiger partial charge in [-0.25, -0.2) is 0 Å². The number of likely N-dealkylation sites (tertiary alicyclic amines) is 1. The lowest BCUT2D eigenvalue weighted by Gasteiger charge is -2.16. The molecule has 1 aromatic carbocycles. The van der Waals surface area contributed by atoms with Crippen LogP contribution in [0.3, 0.4) is 0 Å². The highest BCUT2D eigenvalue weighted by Gasteiger charge is 2.26. The van der Waals surface area contributed by atoms with Gasteiger partial charge in [0.15, 0.2) is 0 Å². The fourth-order valence-electron chi connectivity index (χ4n) is 2.47. The van der Waals surface area contributed by atoms with Crippen molar-refractivity contribution in [1.29, 1.82) is 0 Å². The van der Waals surface area contributed by atoms with Crippen LogP contribution in [0.25, 0.3) is 0 Å². The molecule has 2 fully saturated rings. The van der Waals surface area contributed by atoms with Crippen molar-refractivity contribution in [2.24, 2.45) is 0 Å². The van der Waals surface area contributed by atoms with Crippen molar-refractivity contribution in [3.05, 3.63) is 34.3 Å². The Balaban J connectivity index is 1.44. The summed E-state index contributed by atoms with van der Waals surface area (Å²) in [5, 5.41) is 3.59. The Hall–Kier alpha value is -0.420. The average molecular weight is 311 g/mol. The van der Waals surface area contributed by atoms with E-state index in [4.69, 9.17) is 4.74 Å². The molecule has 2 saturated heterocycles. The fourth-order valence-corrected chi connectivity index (χ4v) is 2.74. The van der Waals surface area contributed by atoms with Gasteiger partial charge in [0.1, 0.15) is 0 Å². The minimum atomic E-state index is 0.491. The largest absolute Gasteiger partial charge is 0.372 e. The van der Waals surface area contributed by atoms with E-state index in [1.54, 1.807) is 0 Å². The van der Waals surface area contributed by atoms with E-state index in [1.807, 2.05) is 0 Å². The summed E-state index contributed by atoms with van der Waals surface area (Å²) in [6.07, 6.45) is 1.74. The van der Waals surface area contributed by atoms with Crippen LogP contribution in [0.4, 0.5) is 0 Å². The van der Waals surface area contributed by atoms with Gasteiger partial charge in [-0.15, -0.1) is 0 Å². The lowest BCUT2D eigenvalue weighted by molar-refractivity contribution is 0.316. The smallest absolute Gasteiger partial charge is 0.0934 e. The third-order valence-corrected chi connectivity index (χ3v) is 4.16. The standard InChI is InChI=1S/C14H19BrN2O/c15-12-3-1-11(2-4-12)8-17-6-5-13(9-17)16-7-14-10-18-14/h1-4,13-14,16H,5-10H2. The van der Waals surface area contributed by atoms with Crippen LogP contribution in [0, 0.1) is 0 Å². The summed E-state index contributed by atoms with van der Waals surface area (Å²) < 4.78 is 6.37. The number of epoxide rings is 1. The summed E-state index contributed by atoms with van der Waals surface area (Å²) in [5.41, 5.74) is 1.39. The maximum Gasteiger partial charge on any atom is 0.0934 e. The fraction of sp³-hybridized carbons (Fsp3) is 0.571. The number of ether oxygens (including phenoxy) is 1. The number of hydrogen-bond acceptors (Lipinski definition) is 3. The number of halogens is 1. The number of benzene rings is 1. The first-order valence-corrected chi connectivity index (χ1v) is 7.41. The molecule has 98 valence electrons. The van der Waals surface area contributed by atoms with Crippen molar-refractivity contribution in [3.63, 3.8) is 0 Å². The lowest BCUT2D eigenvalue weighted by atomic mass is 10.2. The third-order valence-electron chi connectivity index (χ3n) is 3.63. The van der Waals surface area contributed by atoms with Crippen LogP contribution >= 0.6 is 15.9 Å². The maximum atomic E-state index is 5.22. The number of nitrogens with one attached hydrogen (secondary N) is 1. The molecule has 0 bridgehead atoms. The molecule has 1 N–H and O–H groups in total. The zero-order valence-corrected chi connectivity index (χ0v) is 12.0. The van der Waals surface area contributed by atoms with Crippen LogP contribution < -0.4 is 5.32 Å². The van der Waals surface area contributed by atoms with Gasteiger partial charge in [0.2, 0.25) is 0 Å². The van der Waals surface area contributed by atoms with Gasteiger partial charge in [0, 0.05) is 36.7 Å². The van der Waals surface area contributed by atoms with Crippen molar-refractivity contribution >= 4 is 15.9 Å². The van der Waals surface area contributed by atoms with Gasteiger partial charge in [-0.05, 0) is 24.1 Å². The van der Waals surface area contributed by atoms with Crippen molar-refractivity contribution in [3.8, 4) is 0 Å². The minimum absolute atomic E-state index is 0.491. The summed E-state index contributed by atoms with van der Waals surface area (Å²) in [5.74, 6) is 0. The summed E-state index contributed by atoms with van der Waals surface area (Å²) in [6.45, 7) is 5.38. The predicted molar refractivity (Wildman–Crippen MR) is 75.6 cm³/mol. The van der Waals surface area contributed by atoms with Crippen LogP contribution in [0.1, 0.15) is 12.0 Å². The highest BCUT2D eigenvalue weighted by atomic mass is 79.9. The monoisotopic (exact) mass is 310 g/mol. The Bertz CT molecular complexity index is 391. The van der Waals surface area contributed by atoms with E-state index in [-0.39, 0.29) is 0 Å². The maximum absolute atomic E-state index is 5.22. The molecule has 1 aromatic rings. The zero-order valence-electron chi connectivity index (χ0n) is 10.4. The molecule has 18 heavy (non-hydrogen) atoms. The Morgan fingerprint density at radius 2 is 2.11 bits per heavy atom. The second-order valence-electron chi connectivity index (χ2n) is 5.21. The molecule has 3 nitrogen and oxygen atoms in total. The molecule has 2 aliphatic rings. The van der Waals surface area contributed by atoms with Gasteiger partial charge in [-0.2, -0.15) is 0 Å². The molecule has 2 atom stereocenters. The van der Waals surface area contributed by atoms with E-state index < -0.39 is 0 Å². The topological polar surface area (TPSA) is 27.8 Å². The second kappa shape index (κ2) is 5.70. The van der Waals surface area contributed by atoms with Crippen molar-refractivity contribution in [1.82, 2.24) is 10.2 Å². The van der Waals surface area contributed by atoms with Crippen molar-refractivity contribution in [2.45, 2.75) is 25.1 Å². The number of nitrogens with zero attached hydrogens (tertiary/aromatic N) is 1.